The van der Waals surface area contributed by atoms with Crippen LogP contribution in [0.3, 0.4) is 0 Å². The van der Waals surface area contributed by atoms with Gasteiger partial charge in [-0.1, -0.05) is 12.1 Å². The normalized spacial score (nSPS) is 14.9. The van der Waals surface area contributed by atoms with E-state index >= 15 is 0 Å². The molecule has 0 radical (unpaired) electrons. The highest BCUT2D eigenvalue weighted by Gasteiger charge is 2.17. The topological polar surface area (TPSA) is 67.9 Å². The Hall–Kier alpha value is -2.08. The molecule has 6 nitrogen and oxygen atoms in total. The zero-order valence-electron chi connectivity index (χ0n) is 12.1. The summed E-state index contributed by atoms with van der Waals surface area (Å²) in [6.45, 7) is 2.26. The molecule has 6 heteroatoms. The van der Waals surface area contributed by atoms with Crippen molar-refractivity contribution in [3.05, 3.63) is 29.8 Å². The summed E-state index contributed by atoms with van der Waals surface area (Å²) in [5.74, 6) is 0.645. The van der Waals surface area contributed by atoms with Gasteiger partial charge in [0.05, 0.1) is 20.1 Å². The zero-order valence-corrected chi connectivity index (χ0v) is 12.1. The maximum absolute atomic E-state index is 11.9. The molecule has 0 bridgehead atoms. The lowest BCUT2D eigenvalue weighted by atomic mass is 10.1. The summed E-state index contributed by atoms with van der Waals surface area (Å²) in [7, 11) is 1.60. The quantitative estimate of drug-likeness (QED) is 0.814. The Labute approximate surface area is 124 Å². The fourth-order valence-corrected chi connectivity index (χ4v) is 2.15. The van der Waals surface area contributed by atoms with Crippen molar-refractivity contribution >= 4 is 11.8 Å². The summed E-state index contributed by atoms with van der Waals surface area (Å²) in [6, 6.07) is 7.41. The standard InChI is InChI=1S/C15H20N2O4/c1-20-13-4-2-3-12(9-13)10-14(18)16-5-6-17-7-8-21-11-15(17)19/h2-4,9H,5-8,10-11H2,1H3,(H,16,18). The van der Waals surface area contributed by atoms with Crippen molar-refractivity contribution in [1.29, 1.82) is 0 Å². The van der Waals surface area contributed by atoms with E-state index in [1.807, 2.05) is 24.3 Å². The summed E-state index contributed by atoms with van der Waals surface area (Å²) in [4.78, 5) is 25.1. The van der Waals surface area contributed by atoms with E-state index in [-0.39, 0.29) is 18.4 Å². The molecule has 114 valence electrons. The smallest absolute Gasteiger partial charge is 0.248 e. The van der Waals surface area contributed by atoms with E-state index in [9.17, 15) is 9.59 Å². The number of benzene rings is 1. The van der Waals surface area contributed by atoms with Gasteiger partial charge >= 0.3 is 0 Å². The molecule has 1 aliphatic rings. The van der Waals surface area contributed by atoms with Crippen LogP contribution in [0.2, 0.25) is 0 Å². The van der Waals surface area contributed by atoms with E-state index in [1.165, 1.54) is 0 Å². The second kappa shape index (κ2) is 7.64. The minimum absolute atomic E-state index is 0.0247. The molecular formula is C15H20N2O4. The second-order valence-corrected chi connectivity index (χ2v) is 4.81. The highest BCUT2D eigenvalue weighted by atomic mass is 16.5. The van der Waals surface area contributed by atoms with Crippen LogP contribution in [0.5, 0.6) is 5.75 Å². The van der Waals surface area contributed by atoms with Crippen LogP contribution in [0.1, 0.15) is 5.56 Å². The average molecular weight is 292 g/mol. The molecule has 1 saturated heterocycles. The Morgan fingerprint density at radius 1 is 1.48 bits per heavy atom. The zero-order chi connectivity index (χ0) is 15.1. The molecule has 0 spiro atoms. The first-order valence-corrected chi connectivity index (χ1v) is 6.94. The van der Waals surface area contributed by atoms with Crippen LogP contribution in [0, 0.1) is 0 Å². The third-order valence-corrected chi connectivity index (χ3v) is 3.29. The third-order valence-electron chi connectivity index (χ3n) is 3.29. The first-order chi connectivity index (χ1) is 10.2. The van der Waals surface area contributed by atoms with Gasteiger partial charge in [-0.05, 0) is 17.7 Å². The van der Waals surface area contributed by atoms with E-state index < -0.39 is 0 Å². The van der Waals surface area contributed by atoms with E-state index in [4.69, 9.17) is 9.47 Å². The van der Waals surface area contributed by atoms with Gasteiger partial charge in [-0.25, -0.2) is 0 Å². The van der Waals surface area contributed by atoms with Crippen LogP contribution in [0.4, 0.5) is 0 Å². The predicted molar refractivity (Wildman–Crippen MR) is 77.1 cm³/mol. The molecule has 2 rings (SSSR count). The molecule has 0 saturated carbocycles. The lowest BCUT2D eigenvalue weighted by Crippen LogP contribution is -2.45. The highest BCUT2D eigenvalue weighted by Crippen LogP contribution is 2.12. The number of nitrogens with zero attached hydrogens (tertiary/aromatic N) is 1. The average Bonchev–Trinajstić information content (AvgIpc) is 2.49. The molecule has 1 heterocycles. The number of hydrogen-bond donors (Lipinski definition) is 1. The molecule has 1 fully saturated rings. The van der Waals surface area contributed by atoms with E-state index in [1.54, 1.807) is 12.0 Å². The Morgan fingerprint density at radius 2 is 2.33 bits per heavy atom. The third kappa shape index (κ3) is 4.75. The van der Waals surface area contributed by atoms with Gasteiger partial charge in [0.1, 0.15) is 12.4 Å². The highest BCUT2D eigenvalue weighted by molar-refractivity contribution is 5.79. The fraction of sp³-hybridized carbons (Fsp3) is 0.467. The van der Waals surface area contributed by atoms with Crippen molar-refractivity contribution in [3.63, 3.8) is 0 Å². The molecule has 21 heavy (non-hydrogen) atoms. The minimum Gasteiger partial charge on any atom is -0.497 e. The molecular weight excluding hydrogens is 272 g/mol. The van der Waals surface area contributed by atoms with Crippen molar-refractivity contribution in [2.75, 3.05) is 40.0 Å². The van der Waals surface area contributed by atoms with Crippen LogP contribution in [0.15, 0.2) is 24.3 Å². The van der Waals surface area contributed by atoms with Gasteiger partial charge in [0.15, 0.2) is 0 Å². The molecule has 1 N–H and O–H groups in total. The SMILES string of the molecule is COc1cccc(CC(=O)NCCN2CCOCC2=O)c1. The van der Waals surface area contributed by atoms with Crippen LogP contribution >= 0.6 is 0 Å². The van der Waals surface area contributed by atoms with Crippen LogP contribution < -0.4 is 10.1 Å². The van der Waals surface area contributed by atoms with Gasteiger partial charge in [-0.3, -0.25) is 9.59 Å². The van der Waals surface area contributed by atoms with Gasteiger partial charge in [0.25, 0.3) is 0 Å². The molecule has 1 aromatic carbocycles. The molecule has 1 aromatic rings. The second-order valence-electron chi connectivity index (χ2n) is 4.81. The number of carbonyl (C=O) groups excluding carboxylic acids is 2. The number of amides is 2. The summed E-state index contributed by atoms with van der Waals surface area (Å²) in [5, 5.41) is 2.82. The van der Waals surface area contributed by atoms with Gasteiger partial charge < -0.3 is 19.7 Å². The molecule has 0 atom stereocenters. The van der Waals surface area contributed by atoms with E-state index in [0.29, 0.717) is 32.7 Å². The summed E-state index contributed by atoms with van der Waals surface area (Å²) < 4.78 is 10.2. The number of nitrogens with one attached hydrogen (secondary N) is 1. The molecule has 1 aliphatic heterocycles. The number of carbonyl (C=O) groups is 2. The number of rotatable bonds is 6. The van der Waals surface area contributed by atoms with Crippen molar-refractivity contribution in [1.82, 2.24) is 10.2 Å². The van der Waals surface area contributed by atoms with Crippen LogP contribution in [0.25, 0.3) is 0 Å². The number of morpholine rings is 1. The van der Waals surface area contributed by atoms with Crippen LogP contribution in [-0.4, -0.2) is 56.7 Å². The molecule has 2 amide bonds. The summed E-state index contributed by atoms with van der Waals surface area (Å²) in [6.07, 6.45) is 0.300. The maximum Gasteiger partial charge on any atom is 0.248 e. The number of methoxy groups -OCH3 is 1. The van der Waals surface area contributed by atoms with E-state index in [0.717, 1.165) is 11.3 Å². The summed E-state index contributed by atoms with van der Waals surface area (Å²) in [5.41, 5.74) is 0.897. The van der Waals surface area contributed by atoms with Crippen molar-refractivity contribution in [2.24, 2.45) is 0 Å². The first-order valence-electron chi connectivity index (χ1n) is 6.94. The van der Waals surface area contributed by atoms with Crippen molar-refractivity contribution < 1.29 is 19.1 Å². The molecule has 0 aliphatic carbocycles. The van der Waals surface area contributed by atoms with Gasteiger partial charge in [-0.15, -0.1) is 0 Å². The Balaban J connectivity index is 1.73. The number of ether oxygens (including phenoxy) is 2. The van der Waals surface area contributed by atoms with Crippen LogP contribution in [-0.2, 0) is 20.7 Å². The lowest BCUT2D eigenvalue weighted by molar-refractivity contribution is -0.142. The predicted octanol–water partition coefficient (Wildman–Crippen LogP) is 0.213. The minimum atomic E-state index is -0.0658. The van der Waals surface area contributed by atoms with Crippen molar-refractivity contribution in [3.8, 4) is 5.75 Å². The molecule has 0 aromatic heterocycles. The largest absolute Gasteiger partial charge is 0.497 e. The van der Waals surface area contributed by atoms with Crippen molar-refractivity contribution in [2.45, 2.75) is 6.42 Å². The Morgan fingerprint density at radius 3 is 3.10 bits per heavy atom. The monoisotopic (exact) mass is 292 g/mol. The van der Waals surface area contributed by atoms with Gasteiger partial charge in [0, 0.05) is 19.6 Å². The first kappa shape index (κ1) is 15.3. The summed E-state index contributed by atoms with van der Waals surface area (Å²) >= 11 is 0. The van der Waals surface area contributed by atoms with E-state index in [2.05, 4.69) is 5.32 Å². The Kier molecular flexibility index (Phi) is 5.57. The number of hydrogen-bond acceptors (Lipinski definition) is 4. The van der Waals surface area contributed by atoms with Gasteiger partial charge in [0.2, 0.25) is 11.8 Å². The fourth-order valence-electron chi connectivity index (χ4n) is 2.15. The maximum atomic E-state index is 11.9. The lowest BCUT2D eigenvalue weighted by Gasteiger charge is -2.26. The Bertz CT molecular complexity index is 504. The van der Waals surface area contributed by atoms with Gasteiger partial charge in [-0.2, -0.15) is 0 Å². The molecule has 0 unspecified atom stereocenters.